The summed E-state index contributed by atoms with van der Waals surface area (Å²) >= 11 is 6.22. The summed E-state index contributed by atoms with van der Waals surface area (Å²) in [7, 11) is 0. The Hall–Kier alpha value is -3.25. The Morgan fingerprint density at radius 2 is 1.93 bits per heavy atom. The number of halogens is 1. The van der Waals surface area contributed by atoms with Gasteiger partial charge < -0.3 is 5.32 Å². The number of benzene rings is 1. The molecule has 1 aromatic carbocycles. The van der Waals surface area contributed by atoms with E-state index in [1.54, 1.807) is 23.3 Å². The highest BCUT2D eigenvalue weighted by molar-refractivity contribution is 6.30. The molecule has 0 amide bonds. The van der Waals surface area contributed by atoms with Crippen LogP contribution in [0.3, 0.4) is 0 Å². The zero-order valence-electron chi connectivity index (χ0n) is 15.5. The summed E-state index contributed by atoms with van der Waals surface area (Å²) in [5, 5.41) is 8.59. The molecule has 0 aliphatic rings. The molecule has 1 atom stereocenters. The number of hydrogen-bond acceptors (Lipinski definition) is 5. The van der Waals surface area contributed by atoms with E-state index in [2.05, 4.69) is 20.4 Å². The molecule has 0 saturated heterocycles. The summed E-state index contributed by atoms with van der Waals surface area (Å²) in [4.78, 5) is 13.5. The fraction of sp³-hybridized carbons (Fsp3) is 0.143. The van der Waals surface area contributed by atoms with Crippen molar-refractivity contribution in [3.63, 3.8) is 0 Å². The lowest BCUT2D eigenvalue weighted by atomic mass is 10.0. The van der Waals surface area contributed by atoms with Crippen molar-refractivity contribution < 1.29 is 0 Å². The number of nitrogens with one attached hydrogen (secondary N) is 1. The van der Waals surface area contributed by atoms with E-state index in [0.717, 1.165) is 22.6 Å². The third-order valence-corrected chi connectivity index (χ3v) is 4.54. The molecule has 0 spiro atoms. The van der Waals surface area contributed by atoms with Gasteiger partial charge in [-0.3, -0.25) is 9.97 Å². The first kappa shape index (κ1) is 18.1. The van der Waals surface area contributed by atoms with Gasteiger partial charge >= 0.3 is 0 Å². The summed E-state index contributed by atoms with van der Waals surface area (Å²) < 4.78 is 1.78. The lowest BCUT2D eigenvalue weighted by Gasteiger charge is -2.20. The van der Waals surface area contributed by atoms with Gasteiger partial charge in [-0.05, 0) is 49.7 Å². The van der Waals surface area contributed by atoms with Crippen LogP contribution in [0, 0.1) is 13.8 Å². The highest BCUT2D eigenvalue weighted by Crippen LogP contribution is 2.26. The van der Waals surface area contributed by atoms with E-state index < -0.39 is 0 Å². The van der Waals surface area contributed by atoms with Crippen LogP contribution < -0.4 is 5.32 Å². The van der Waals surface area contributed by atoms with E-state index in [1.807, 2.05) is 62.4 Å². The zero-order valence-corrected chi connectivity index (χ0v) is 16.3. The van der Waals surface area contributed by atoms with Crippen LogP contribution in [0.2, 0.25) is 5.02 Å². The Bertz CT molecular complexity index is 1090. The van der Waals surface area contributed by atoms with Crippen molar-refractivity contribution in [2.75, 3.05) is 5.32 Å². The Morgan fingerprint density at radius 1 is 1.04 bits per heavy atom. The van der Waals surface area contributed by atoms with Crippen LogP contribution in [0.4, 0.5) is 5.82 Å². The van der Waals surface area contributed by atoms with Crippen LogP contribution in [-0.4, -0.2) is 24.7 Å². The SMILES string of the molecule is Cc1cc(C)n(-c2cncc(NC(c3cccc(Cl)c3)c3ccccn3)n2)n1. The van der Waals surface area contributed by atoms with Crippen molar-refractivity contribution in [1.29, 1.82) is 0 Å². The van der Waals surface area contributed by atoms with Gasteiger partial charge in [0.05, 0.1) is 29.8 Å². The quantitative estimate of drug-likeness (QED) is 0.542. The second kappa shape index (κ2) is 7.78. The van der Waals surface area contributed by atoms with Gasteiger partial charge in [0, 0.05) is 16.9 Å². The molecule has 0 aliphatic heterocycles. The summed E-state index contributed by atoms with van der Waals surface area (Å²) in [5.74, 6) is 1.28. The fourth-order valence-electron chi connectivity index (χ4n) is 3.10. The lowest BCUT2D eigenvalue weighted by molar-refractivity contribution is 0.794. The maximum Gasteiger partial charge on any atom is 0.174 e. The summed E-state index contributed by atoms with van der Waals surface area (Å²) in [6, 6.07) is 15.3. The van der Waals surface area contributed by atoms with Crippen molar-refractivity contribution in [1.82, 2.24) is 24.7 Å². The molecule has 0 aliphatic carbocycles. The normalized spacial score (nSPS) is 12.0. The molecule has 7 heteroatoms. The molecule has 1 unspecified atom stereocenters. The molecule has 1 N–H and O–H groups in total. The van der Waals surface area contributed by atoms with Gasteiger partial charge in [-0.15, -0.1) is 0 Å². The van der Waals surface area contributed by atoms with Crippen molar-refractivity contribution in [2.24, 2.45) is 0 Å². The molecule has 4 aromatic rings. The molecule has 0 radical (unpaired) electrons. The Balaban J connectivity index is 1.71. The molecule has 0 fully saturated rings. The number of pyridine rings is 1. The molecule has 6 nitrogen and oxygen atoms in total. The smallest absolute Gasteiger partial charge is 0.174 e. The van der Waals surface area contributed by atoms with Crippen molar-refractivity contribution in [3.8, 4) is 5.82 Å². The Labute approximate surface area is 168 Å². The predicted molar refractivity (Wildman–Crippen MR) is 110 cm³/mol. The van der Waals surface area contributed by atoms with Gasteiger partial charge in [0.2, 0.25) is 0 Å². The predicted octanol–water partition coefficient (Wildman–Crippen LogP) is 4.53. The highest BCUT2D eigenvalue weighted by Gasteiger charge is 2.17. The van der Waals surface area contributed by atoms with Crippen LogP contribution >= 0.6 is 11.6 Å². The molecule has 3 heterocycles. The van der Waals surface area contributed by atoms with Crippen molar-refractivity contribution >= 4 is 17.4 Å². The summed E-state index contributed by atoms with van der Waals surface area (Å²) in [5.41, 5.74) is 3.79. The van der Waals surface area contributed by atoms with Crippen LogP contribution in [0.5, 0.6) is 0 Å². The fourth-order valence-corrected chi connectivity index (χ4v) is 3.30. The lowest BCUT2D eigenvalue weighted by Crippen LogP contribution is -2.15. The summed E-state index contributed by atoms with van der Waals surface area (Å²) in [6.07, 6.45) is 5.15. The van der Waals surface area contributed by atoms with E-state index >= 15 is 0 Å². The highest BCUT2D eigenvalue weighted by atomic mass is 35.5. The van der Waals surface area contributed by atoms with E-state index in [-0.39, 0.29) is 6.04 Å². The number of anilines is 1. The van der Waals surface area contributed by atoms with Crippen LogP contribution in [0.1, 0.15) is 28.7 Å². The molecular weight excluding hydrogens is 372 g/mol. The van der Waals surface area contributed by atoms with E-state index in [1.165, 1.54) is 0 Å². The average molecular weight is 391 g/mol. The minimum absolute atomic E-state index is 0.218. The van der Waals surface area contributed by atoms with Gasteiger partial charge in [0.15, 0.2) is 5.82 Å². The second-order valence-corrected chi connectivity index (χ2v) is 6.92. The van der Waals surface area contributed by atoms with Gasteiger partial charge in [-0.25, -0.2) is 9.67 Å². The average Bonchev–Trinajstić information content (AvgIpc) is 3.05. The molecule has 4 rings (SSSR count). The minimum atomic E-state index is -0.218. The van der Waals surface area contributed by atoms with Crippen LogP contribution in [-0.2, 0) is 0 Å². The molecule has 0 saturated carbocycles. The first-order chi connectivity index (χ1) is 13.6. The van der Waals surface area contributed by atoms with Gasteiger partial charge in [0.1, 0.15) is 5.82 Å². The first-order valence-electron chi connectivity index (χ1n) is 8.89. The largest absolute Gasteiger partial charge is 0.356 e. The second-order valence-electron chi connectivity index (χ2n) is 6.49. The number of aryl methyl sites for hydroxylation is 2. The Kier molecular flexibility index (Phi) is 5.04. The maximum atomic E-state index is 6.22. The third kappa shape index (κ3) is 3.87. The van der Waals surface area contributed by atoms with E-state index in [4.69, 9.17) is 16.6 Å². The number of rotatable bonds is 5. The zero-order chi connectivity index (χ0) is 19.5. The standard InChI is InChI=1S/C21H19ClN6/c1-14-10-15(2)28(27-14)20-13-23-12-19(25-20)26-21(18-8-3-4-9-24-18)16-6-5-7-17(22)11-16/h3-13,21H,1-2H3,(H,25,26). The Morgan fingerprint density at radius 3 is 2.64 bits per heavy atom. The van der Waals surface area contributed by atoms with Crippen molar-refractivity contribution in [2.45, 2.75) is 19.9 Å². The molecule has 140 valence electrons. The maximum absolute atomic E-state index is 6.22. The molecule has 28 heavy (non-hydrogen) atoms. The van der Waals surface area contributed by atoms with Crippen LogP contribution in [0.15, 0.2) is 67.1 Å². The molecule has 0 bridgehead atoms. The van der Waals surface area contributed by atoms with Gasteiger partial charge in [-0.2, -0.15) is 5.10 Å². The summed E-state index contributed by atoms with van der Waals surface area (Å²) in [6.45, 7) is 3.94. The first-order valence-corrected chi connectivity index (χ1v) is 9.26. The topological polar surface area (TPSA) is 68.5 Å². The number of aromatic nitrogens is 5. The van der Waals surface area contributed by atoms with Crippen LogP contribution in [0.25, 0.3) is 5.82 Å². The molecular formula is C21H19ClN6. The van der Waals surface area contributed by atoms with Gasteiger partial charge in [-0.1, -0.05) is 29.8 Å². The third-order valence-electron chi connectivity index (χ3n) is 4.31. The van der Waals surface area contributed by atoms with Crippen molar-refractivity contribution in [3.05, 3.63) is 94.8 Å². The monoisotopic (exact) mass is 390 g/mol. The minimum Gasteiger partial charge on any atom is -0.356 e. The van der Waals surface area contributed by atoms with Gasteiger partial charge in [0.25, 0.3) is 0 Å². The van der Waals surface area contributed by atoms with E-state index in [0.29, 0.717) is 16.7 Å². The van der Waals surface area contributed by atoms with E-state index in [9.17, 15) is 0 Å². The molecule has 3 aromatic heterocycles. The number of nitrogens with zero attached hydrogens (tertiary/aromatic N) is 5. The number of hydrogen-bond donors (Lipinski definition) is 1.